The van der Waals surface area contributed by atoms with Crippen molar-refractivity contribution in [3.05, 3.63) is 54.5 Å². The van der Waals surface area contributed by atoms with Gasteiger partial charge in [-0.3, -0.25) is 9.48 Å². The summed E-state index contributed by atoms with van der Waals surface area (Å²) < 4.78 is 4.03. The maximum Gasteiger partial charge on any atom is 0.254 e. The zero-order chi connectivity index (χ0) is 17.2. The van der Waals surface area contributed by atoms with Crippen LogP contribution in [-0.2, 0) is 12.1 Å². The van der Waals surface area contributed by atoms with Crippen molar-refractivity contribution in [1.82, 2.24) is 19.7 Å². The topological polar surface area (TPSA) is 51.9 Å². The summed E-state index contributed by atoms with van der Waals surface area (Å²) in [4.78, 5) is 12.2. The molecule has 5 heteroatoms. The van der Waals surface area contributed by atoms with Crippen LogP contribution in [0.4, 0.5) is 0 Å². The molecule has 126 valence electrons. The van der Waals surface area contributed by atoms with Gasteiger partial charge in [0.2, 0.25) is 0 Å². The van der Waals surface area contributed by atoms with Crippen molar-refractivity contribution in [2.45, 2.75) is 39.3 Å². The van der Waals surface area contributed by atoms with E-state index in [1.165, 1.54) is 10.9 Å². The molecule has 3 rings (SSSR count). The number of para-hydroxylation sites is 1. The zero-order valence-electron chi connectivity index (χ0n) is 14.5. The van der Waals surface area contributed by atoms with Gasteiger partial charge in [-0.15, -0.1) is 0 Å². The molecule has 0 aliphatic carbocycles. The Morgan fingerprint density at radius 2 is 2.00 bits per heavy atom. The average Bonchev–Trinajstić information content (AvgIpc) is 3.18. The standard InChI is InChI=1S/C19H24N4O/c1-19(2,3)23-14-16(13-21-23)18(24)20-10-6-11-22-12-9-15-7-4-5-8-17(15)22/h4-5,7-9,12-14H,6,10-11H2,1-3H3,(H,20,24). The molecule has 1 N–H and O–H groups in total. The normalized spacial score (nSPS) is 11.8. The lowest BCUT2D eigenvalue weighted by atomic mass is 10.1. The van der Waals surface area contributed by atoms with E-state index >= 15 is 0 Å². The molecule has 3 aromatic rings. The number of carbonyl (C=O) groups is 1. The van der Waals surface area contributed by atoms with Crippen molar-refractivity contribution >= 4 is 16.8 Å². The number of nitrogens with zero attached hydrogens (tertiary/aromatic N) is 3. The molecule has 24 heavy (non-hydrogen) atoms. The van der Waals surface area contributed by atoms with Crippen LogP contribution in [0, 0.1) is 0 Å². The predicted octanol–water partition coefficient (Wildman–Crippen LogP) is 3.41. The first kappa shape index (κ1) is 16.3. The van der Waals surface area contributed by atoms with E-state index in [0.29, 0.717) is 12.1 Å². The fraction of sp³-hybridized carbons (Fsp3) is 0.368. The van der Waals surface area contributed by atoms with Gasteiger partial charge in [0, 0.05) is 31.0 Å². The summed E-state index contributed by atoms with van der Waals surface area (Å²) in [6.45, 7) is 7.70. The minimum atomic E-state index is -0.117. The number of hydrogen-bond acceptors (Lipinski definition) is 2. The lowest BCUT2D eigenvalue weighted by molar-refractivity contribution is 0.0952. The maximum absolute atomic E-state index is 12.2. The maximum atomic E-state index is 12.2. The van der Waals surface area contributed by atoms with Crippen LogP contribution in [0.3, 0.4) is 0 Å². The summed E-state index contributed by atoms with van der Waals surface area (Å²) >= 11 is 0. The van der Waals surface area contributed by atoms with Crippen LogP contribution in [-0.4, -0.2) is 26.8 Å². The fourth-order valence-corrected chi connectivity index (χ4v) is 2.70. The van der Waals surface area contributed by atoms with Gasteiger partial charge in [0.15, 0.2) is 0 Å². The van der Waals surface area contributed by atoms with Gasteiger partial charge >= 0.3 is 0 Å². The van der Waals surface area contributed by atoms with Crippen LogP contribution >= 0.6 is 0 Å². The SMILES string of the molecule is CC(C)(C)n1cc(C(=O)NCCCn2ccc3ccccc32)cn1. The summed E-state index contributed by atoms with van der Waals surface area (Å²) in [7, 11) is 0. The van der Waals surface area contributed by atoms with Crippen molar-refractivity contribution in [3.63, 3.8) is 0 Å². The van der Waals surface area contributed by atoms with E-state index in [1.807, 2.05) is 16.8 Å². The third kappa shape index (κ3) is 3.50. The number of amides is 1. The van der Waals surface area contributed by atoms with E-state index in [9.17, 15) is 4.79 Å². The van der Waals surface area contributed by atoms with Gasteiger partial charge in [-0.1, -0.05) is 18.2 Å². The minimum absolute atomic E-state index is 0.0668. The number of fused-ring (bicyclic) bond motifs is 1. The highest BCUT2D eigenvalue weighted by atomic mass is 16.1. The van der Waals surface area contributed by atoms with Crippen LogP contribution in [0.15, 0.2) is 48.9 Å². The third-order valence-electron chi connectivity index (χ3n) is 4.07. The van der Waals surface area contributed by atoms with Gasteiger partial charge in [0.05, 0.1) is 17.3 Å². The smallest absolute Gasteiger partial charge is 0.254 e. The Morgan fingerprint density at radius 3 is 2.75 bits per heavy atom. The van der Waals surface area contributed by atoms with E-state index in [2.05, 4.69) is 60.1 Å². The molecule has 0 atom stereocenters. The molecule has 0 aliphatic heterocycles. The fourth-order valence-electron chi connectivity index (χ4n) is 2.70. The summed E-state index contributed by atoms with van der Waals surface area (Å²) in [6.07, 6.45) is 6.41. The van der Waals surface area contributed by atoms with Crippen LogP contribution in [0.25, 0.3) is 10.9 Å². The minimum Gasteiger partial charge on any atom is -0.352 e. The lowest BCUT2D eigenvalue weighted by Gasteiger charge is -2.18. The second kappa shape index (κ2) is 6.51. The largest absolute Gasteiger partial charge is 0.352 e. The van der Waals surface area contributed by atoms with Gasteiger partial charge < -0.3 is 9.88 Å². The molecule has 0 spiro atoms. The first-order chi connectivity index (χ1) is 11.4. The molecule has 1 amide bonds. The number of rotatable bonds is 5. The molecular weight excluding hydrogens is 300 g/mol. The predicted molar refractivity (Wildman–Crippen MR) is 96.1 cm³/mol. The quantitative estimate of drug-likeness (QED) is 0.731. The van der Waals surface area contributed by atoms with Gasteiger partial charge in [-0.25, -0.2) is 0 Å². The van der Waals surface area contributed by atoms with E-state index in [4.69, 9.17) is 0 Å². The monoisotopic (exact) mass is 324 g/mol. The molecule has 0 aliphatic rings. The number of nitrogens with one attached hydrogen (secondary N) is 1. The van der Waals surface area contributed by atoms with E-state index in [-0.39, 0.29) is 11.4 Å². The Kier molecular flexibility index (Phi) is 4.42. The highest BCUT2D eigenvalue weighted by molar-refractivity contribution is 5.93. The highest BCUT2D eigenvalue weighted by Crippen LogP contribution is 2.15. The van der Waals surface area contributed by atoms with E-state index in [0.717, 1.165) is 13.0 Å². The summed E-state index contributed by atoms with van der Waals surface area (Å²) in [5, 5.41) is 8.48. The van der Waals surface area contributed by atoms with Crippen LogP contribution in [0.1, 0.15) is 37.6 Å². The van der Waals surface area contributed by atoms with Gasteiger partial charge in [0.1, 0.15) is 0 Å². The Balaban J connectivity index is 1.51. The second-order valence-electron chi connectivity index (χ2n) is 7.02. The molecular formula is C19H24N4O. The molecule has 2 heterocycles. The first-order valence-electron chi connectivity index (χ1n) is 8.32. The summed E-state index contributed by atoms with van der Waals surface area (Å²) in [5.74, 6) is -0.0668. The van der Waals surface area contributed by atoms with E-state index in [1.54, 1.807) is 12.4 Å². The second-order valence-corrected chi connectivity index (χ2v) is 7.02. The molecule has 0 unspecified atom stereocenters. The molecule has 0 bridgehead atoms. The summed E-state index contributed by atoms with van der Waals surface area (Å²) in [5.41, 5.74) is 1.72. The molecule has 2 aromatic heterocycles. The van der Waals surface area contributed by atoms with Crippen molar-refractivity contribution in [2.24, 2.45) is 0 Å². The molecule has 0 saturated carbocycles. The number of aryl methyl sites for hydroxylation is 1. The Hall–Kier alpha value is -2.56. The third-order valence-corrected chi connectivity index (χ3v) is 4.07. The van der Waals surface area contributed by atoms with Crippen LogP contribution in [0.5, 0.6) is 0 Å². The average molecular weight is 324 g/mol. The number of aromatic nitrogens is 3. The lowest BCUT2D eigenvalue weighted by Crippen LogP contribution is -2.25. The Bertz CT molecular complexity index is 838. The molecule has 5 nitrogen and oxygen atoms in total. The van der Waals surface area contributed by atoms with Crippen LogP contribution in [0.2, 0.25) is 0 Å². The van der Waals surface area contributed by atoms with Crippen LogP contribution < -0.4 is 5.32 Å². The van der Waals surface area contributed by atoms with Gasteiger partial charge in [0.25, 0.3) is 5.91 Å². The number of hydrogen-bond donors (Lipinski definition) is 1. The molecule has 0 radical (unpaired) electrons. The highest BCUT2D eigenvalue weighted by Gasteiger charge is 2.16. The molecule has 0 saturated heterocycles. The number of benzene rings is 1. The first-order valence-corrected chi connectivity index (χ1v) is 8.32. The van der Waals surface area contributed by atoms with Crippen molar-refractivity contribution < 1.29 is 4.79 Å². The number of carbonyl (C=O) groups excluding carboxylic acids is 1. The van der Waals surface area contributed by atoms with Gasteiger partial charge in [-0.2, -0.15) is 5.10 Å². The molecule has 0 fully saturated rings. The van der Waals surface area contributed by atoms with Crippen molar-refractivity contribution in [2.75, 3.05) is 6.54 Å². The van der Waals surface area contributed by atoms with E-state index < -0.39 is 0 Å². The van der Waals surface area contributed by atoms with Gasteiger partial charge in [-0.05, 0) is 44.7 Å². The Labute approximate surface area is 142 Å². The zero-order valence-corrected chi connectivity index (χ0v) is 14.5. The van der Waals surface area contributed by atoms with Crippen molar-refractivity contribution in [3.8, 4) is 0 Å². The van der Waals surface area contributed by atoms with Crippen molar-refractivity contribution in [1.29, 1.82) is 0 Å². The summed E-state index contributed by atoms with van der Waals surface area (Å²) in [6, 6.07) is 10.4. The molecule has 1 aromatic carbocycles. The Morgan fingerprint density at radius 1 is 1.21 bits per heavy atom.